The minimum atomic E-state index is -1.83. The van der Waals surface area contributed by atoms with Crippen molar-refractivity contribution >= 4 is 151 Å². The lowest BCUT2D eigenvalue weighted by Crippen LogP contribution is -2.61. The van der Waals surface area contributed by atoms with E-state index in [2.05, 4.69) is 73.1 Å². The van der Waals surface area contributed by atoms with Gasteiger partial charge in [-0.15, -0.1) is 11.8 Å². The number of primary amides is 2. The fourth-order valence-electron chi connectivity index (χ4n) is 16.1. The first kappa shape index (κ1) is 108. The average Bonchev–Trinajstić information content (AvgIpc) is 1.18. The van der Waals surface area contributed by atoms with Crippen LogP contribution in [0.15, 0.2) is 97.7 Å². The Hall–Kier alpha value is -13.0. The van der Waals surface area contributed by atoms with Gasteiger partial charge in [-0.2, -0.15) is 0 Å². The molecule has 0 spiro atoms. The summed E-state index contributed by atoms with van der Waals surface area (Å²) in [6, 6.07) is 2.38. The van der Waals surface area contributed by atoms with Gasteiger partial charge >= 0.3 is 0 Å². The zero-order valence-electron chi connectivity index (χ0n) is 76.4. The number of halogens is 1. The van der Waals surface area contributed by atoms with Crippen LogP contribution in [0, 0.1) is 17.2 Å². The van der Waals surface area contributed by atoms with Crippen LogP contribution in [0.25, 0.3) is 21.8 Å². The number of hydrogen-bond acceptors (Lipinski definition) is 21. The van der Waals surface area contributed by atoms with Gasteiger partial charge in [-0.1, -0.05) is 121 Å². The summed E-state index contributed by atoms with van der Waals surface area (Å²) in [5.74, 6) is -18.1. The molecular weight excluding hydrogens is 1770 g/mol. The number of fused-ring (bicyclic) bond motifs is 3. The summed E-state index contributed by atoms with van der Waals surface area (Å²) in [5.41, 5.74) is 20.0. The van der Waals surface area contributed by atoms with E-state index in [0.29, 0.717) is 74.9 Å². The first-order valence-electron chi connectivity index (χ1n) is 44.5. The average molecular weight is 1900 g/mol. The molecule has 0 bridgehead atoms. The minimum absolute atomic E-state index is 0. The van der Waals surface area contributed by atoms with Crippen molar-refractivity contribution in [1.29, 1.82) is 5.41 Å². The Kier molecular flexibility index (Phi) is 42.3. The summed E-state index contributed by atoms with van der Waals surface area (Å²) in [6.45, 7) is 6.05. The maximum Gasteiger partial charge on any atom is 0.246 e. The van der Waals surface area contributed by atoms with E-state index in [1.807, 2.05) is 13.8 Å². The molecule has 0 radical (unpaired) electrons. The Labute approximate surface area is 787 Å². The number of ketones is 1. The largest absolute Gasteiger partial charge is 0.394 e. The minimum Gasteiger partial charge on any atom is -0.394 e. The second kappa shape index (κ2) is 52.5. The lowest BCUT2D eigenvalue weighted by atomic mass is 9.92. The normalized spacial score (nSPS) is 23.3. The third kappa shape index (κ3) is 31.3. The number of thioether (sulfide) groups is 1. The molecule has 0 saturated carbocycles. The number of hydrogen-bond donors (Lipinski definition) is 18. The van der Waals surface area contributed by atoms with Crippen molar-refractivity contribution in [2.24, 2.45) is 29.0 Å². The molecule has 16 amide bonds. The van der Waals surface area contributed by atoms with Crippen molar-refractivity contribution < 1.29 is 86.6 Å². The molecule has 730 valence electrons. The van der Waals surface area contributed by atoms with Crippen molar-refractivity contribution in [3.63, 3.8) is 0 Å². The monoisotopic (exact) mass is 1900 g/mol. The van der Waals surface area contributed by atoms with Crippen LogP contribution in [0.1, 0.15) is 148 Å². The number of Topliss-reactive ketones (excluding diaryl/α,β-unsaturated/α-hetero) is 1. The van der Waals surface area contributed by atoms with Crippen LogP contribution in [0.4, 0.5) is 0 Å². The van der Waals surface area contributed by atoms with Crippen molar-refractivity contribution in [3.8, 4) is 0 Å². The first-order valence-corrected chi connectivity index (χ1v) is 46.1. The summed E-state index contributed by atoms with van der Waals surface area (Å²) in [7, 11) is 5.27. The van der Waals surface area contributed by atoms with E-state index in [-0.39, 0.29) is 97.1 Å². The van der Waals surface area contributed by atoms with Gasteiger partial charge in [0, 0.05) is 130 Å². The quantitative estimate of drug-likeness (QED) is 0.0196. The highest BCUT2D eigenvalue weighted by Crippen LogP contribution is 2.28. The lowest BCUT2D eigenvalue weighted by Gasteiger charge is -2.36. The third-order valence-electron chi connectivity index (χ3n) is 23.5. The predicted molar refractivity (Wildman–Crippen MR) is 503 cm³/mol. The highest BCUT2D eigenvalue weighted by molar-refractivity contribution is 8.00. The van der Waals surface area contributed by atoms with Gasteiger partial charge in [-0.25, -0.2) is 4.98 Å². The molecule has 5 heterocycles. The van der Waals surface area contributed by atoms with Crippen LogP contribution in [-0.4, -0.2) is 301 Å². The van der Waals surface area contributed by atoms with Gasteiger partial charge in [-0.3, -0.25) is 86.9 Å². The second-order valence-corrected chi connectivity index (χ2v) is 35.6. The van der Waals surface area contributed by atoms with E-state index in [1.54, 1.807) is 99.0 Å². The molecule has 3 aromatic carbocycles. The molecule has 8 rings (SSSR count). The highest BCUT2D eigenvalue weighted by Gasteiger charge is 2.44. The summed E-state index contributed by atoms with van der Waals surface area (Å²) in [5, 5.41) is 47.1. The van der Waals surface area contributed by atoms with E-state index in [4.69, 9.17) is 34.2 Å². The van der Waals surface area contributed by atoms with Gasteiger partial charge in [0.05, 0.1) is 38.2 Å². The number of aliphatic hydroxyl groups excluding tert-OH is 1. The predicted octanol–water partition coefficient (Wildman–Crippen LogP) is 0.242. The fourth-order valence-corrected chi connectivity index (χ4v) is 17.1. The van der Waals surface area contributed by atoms with Crippen LogP contribution in [0.5, 0.6) is 0 Å². The molecular formula is C91H130ClN23O18S. The number of carbonyl (C=O) groups excluding carboxylic acids is 17. The zero-order chi connectivity index (χ0) is 97.4. The molecule has 43 heteroatoms. The Morgan fingerprint density at radius 3 is 1.84 bits per heavy atom. The number of imidazole rings is 1. The summed E-state index contributed by atoms with van der Waals surface area (Å²) in [6.07, 6.45) is 5.45. The van der Waals surface area contributed by atoms with Crippen LogP contribution in [-0.2, 0) is 107 Å². The lowest BCUT2D eigenvalue weighted by molar-refractivity contribution is -0.149. The standard InChI is InChI=1S/C90H126ClN23O18S.CH4/c1-10-12-26-71-83(126)103-63(25-19-31-97-90(94)95)80(123)109-70(79(122)100-44-75(93)118)47-133-48-76(119)102-66(34-52-21-15-14-16-22-52)86(129)111(7)51(5)77(120)105-68(40-74(92)117)88(131)114-32-20-28-72(114)84(127)104-64(39-57-43-96-49-101-57)81(124)106-65(33-50(3)4)85(128)110(6)45-58(116)36-53(35-54-41-98-61-24-18-17-23-59(54)61)78(121)108-69(46-115)82(125)107-67(37-55-42-99-62-30-29-56(91)38-60(55)62)87(130)113(9)73(27-13-11-2)89(132)112(71)8;/h14-18,21-24,29-30,38,41-43,49-51,53,63-73,98-99,115H,10-13,19-20,25-28,31-37,39-40,44-48H2,1-9H3,(H2,92,117)(H2,93,118)(H,96,101)(H,100,122)(H,102,119)(H,103,126)(H,104,127)(H,105,120)(H,106,124)(H,107,125)(H,108,121)(H,109,123)(H4,94,95,97);1H4/t51-,53+,63-,64-,65-,66-,67-,68-,69-,70-,71-,72-,73-;/m0./s1. The van der Waals surface area contributed by atoms with E-state index < -0.39 is 229 Å². The number of para-hydroxylation sites is 1. The van der Waals surface area contributed by atoms with Crippen molar-refractivity contribution in [2.75, 3.05) is 72.5 Å². The molecule has 0 unspecified atom stereocenters. The summed E-state index contributed by atoms with van der Waals surface area (Å²) < 4.78 is 0. The number of H-pyrrole nitrogens is 3. The van der Waals surface area contributed by atoms with E-state index in [1.165, 1.54) is 47.6 Å². The van der Waals surface area contributed by atoms with Crippen LogP contribution in [0.3, 0.4) is 0 Å². The number of aromatic amines is 3. The molecule has 3 aromatic heterocycles. The Balaban J connectivity index is 0.0000245. The number of nitrogens with one attached hydrogen (secondary N) is 14. The number of aliphatic hydroxyl groups is 1. The molecule has 2 aliphatic rings. The number of guanidine groups is 1. The number of rotatable bonds is 26. The molecule has 0 aliphatic carbocycles. The van der Waals surface area contributed by atoms with E-state index >= 15 is 24.0 Å². The number of benzene rings is 3. The molecule has 2 fully saturated rings. The number of nitrogens with zero attached hydrogens (tertiary/aromatic N) is 6. The molecule has 13 atom stereocenters. The Bertz CT molecular complexity index is 5110. The number of unbranched alkanes of at least 4 members (excludes halogenated alkanes) is 2. The van der Waals surface area contributed by atoms with Crippen molar-refractivity contribution in [2.45, 2.75) is 224 Å². The SMILES string of the molecule is C.CCCC[C@H]1C(=O)N(C)[C@@H](CCCC)C(=O)N[C@@H](CCCNC(=N)N)C(=O)N[C@H](C(=O)NCC(N)=O)CSCC(=O)N[C@@H](Cc2ccccc2)C(=O)N(C)[C@@H](C)C(=O)N[C@@H](CC(N)=O)C(=O)N2CCC[C@H]2C(=O)N[C@@H](Cc2cnc[nH]2)C(=O)N[C@@H](CC(C)C)C(=O)N(C)CC(=O)C[C@@H](Cc2c[nH]c3ccccc23)C(=O)N[C@@H](CO)C(=O)N[C@@H](Cc2c[nH]c3ccc(Cl)cc23)C(=O)N1C. The molecule has 2 aliphatic heterocycles. The maximum atomic E-state index is 15.7. The van der Waals surface area contributed by atoms with Gasteiger partial charge in [0.15, 0.2) is 11.7 Å². The third-order valence-corrected chi connectivity index (χ3v) is 24.7. The van der Waals surface area contributed by atoms with E-state index in [9.17, 15) is 62.6 Å². The molecule has 2 saturated heterocycles. The van der Waals surface area contributed by atoms with Crippen LogP contribution in [0.2, 0.25) is 5.02 Å². The van der Waals surface area contributed by atoms with Crippen LogP contribution < -0.4 is 70.4 Å². The van der Waals surface area contributed by atoms with Crippen molar-refractivity contribution in [3.05, 3.63) is 125 Å². The molecule has 134 heavy (non-hydrogen) atoms. The van der Waals surface area contributed by atoms with Gasteiger partial charge < -0.3 is 115 Å². The van der Waals surface area contributed by atoms with E-state index in [0.717, 1.165) is 36.3 Å². The van der Waals surface area contributed by atoms with Gasteiger partial charge in [0.2, 0.25) is 94.5 Å². The van der Waals surface area contributed by atoms with Crippen molar-refractivity contribution in [1.82, 2.24) is 97.6 Å². The number of likely N-dealkylation sites (N-methyl/N-ethyl adjacent to an activating group) is 4. The maximum absolute atomic E-state index is 15.7. The first-order chi connectivity index (χ1) is 63.3. The van der Waals surface area contributed by atoms with Crippen LogP contribution >= 0.6 is 23.4 Å². The number of aromatic nitrogens is 4. The molecule has 41 nitrogen and oxygen atoms in total. The Morgan fingerprint density at radius 1 is 0.590 bits per heavy atom. The smallest absolute Gasteiger partial charge is 0.246 e. The molecule has 6 aromatic rings. The second-order valence-electron chi connectivity index (χ2n) is 34.1. The zero-order valence-corrected chi connectivity index (χ0v) is 78.0. The topological polar surface area (TPSA) is 609 Å². The van der Waals surface area contributed by atoms with Gasteiger partial charge in [-0.05, 0) is 105 Å². The Morgan fingerprint density at radius 2 is 1.19 bits per heavy atom. The summed E-state index contributed by atoms with van der Waals surface area (Å²) in [4.78, 5) is 268. The number of carbonyl (C=O) groups is 17. The molecule has 21 N–H and O–H groups in total. The van der Waals surface area contributed by atoms with Gasteiger partial charge in [0.1, 0.15) is 72.5 Å². The number of nitrogens with two attached hydrogens (primary N) is 3. The highest BCUT2D eigenvalue weighted by atomic mass is 35.5. The number of amides is 16. The van der Waals surface area contributed by atoms with Gasteiger partial charge in [0.25, 0.3) is 0 Å². The summed E-state index contributed by atoms with van der Waals surface area (Å²) >= 11 is 7.35. The fraction of sp³-hybridized carbons (Fsp3) is 0.527.